The summed E-state index contributed by atoms with van der Waals surface area (Å²) in [6, 6.07) is 0. The number of rotatable bonds is 5. The van der Waals surface area contributed by atoms with Gasteiger partial charge in [0.05, 0.1) is 5.71 Å². The van der Waals surface area contributed by atoms with Gasteiger partial charge in [0.2, 0.25) is 6.61 Å². The van der Waals surface area contributed by atoms with Gasteiger partial charge < -0.3 is 14.7 Å². The third kappa shape index (κ3) is 3.56. The Labute approximate surface area is 179 Å². The first-order valence-electron chi connectivity index (χ1n) is 11.6. The van der Waals surface area contributed by atoms with E-state index < -0.39 is 12.6 Å². The number of fused-ring (bicyclic) bond motifs is 5. The normalized spacial score (nSPS) is 41.3. The molecule has 0 aromatic heterocycles. The number of carbonyl (C=O) groups excluding carboxylic acids is 1. The molecular formula is C24H35NO5. The Morgan fingerprint density at radius 1 is 1.13 bits per heavy atom. The molecule has 0 heterocycles. The highest BCUT2D eigenvalue weighted by Gasteiger charge is 2.59. The van der Waals surface area contributed by atoms with Gasteiger partial charge in [0.1, 0.15) is 6.10 Å². The first kappa shape index (κ1) is 21.4. The second-order valence-corrected chi connectivity index (χ2v) is 10.2. The molecule has 0 amide bonds. The summed E-state index contributed by atoms with van der Waals surface area (Å²) in [4.78, 5) is 27.6. The number of ether oxygens (including phenoxy) is 1. The molecule has 0 aliphatic heterocycles. The van der Waals surface area contributed by atoms with Crippen LogP contribution in [0.15, 0.2) is 16.8 Å². The lowest BCUT2D eigenvalue weighted by molar-refractivity contribution is -0.159. The molecule has 4 rings (SSSR count). The van der Waals surface area contributed by atoms with E-state index >= 15 is 0 Å². The van der Waals surface area contributed by atoms with Crippen molar-refractivity contribution in [1.29, 1.82) is 0 Å². The molecule has 0 aromatic rings. The third-order valence-corrected chi connectivity index (χ3v) is 8.82. The molecule has 3 saturated carbocycles. The topological polar surface area (TPSA) is 85.2 Å². The molecule has 0 radical (unpaired) electrons. The number of carboxylic acid groups (broad SMARTS) is 1. The molecule has 0 saturated heterocycles. The summed E-state index contributed by atoms with van der Waals surface area (Å²) in [5, 5.41) is 12.8. The Bertz CT molecular complexity index is 774. The zero-order valence-corrected chi connectivity index (χ0v) is 18.5. The summed E-state index contributed by atoms with van der Waals surface area (Å²) in [7, 11) is 0. The molecule has 1 N–H and O–H groups in total. The second kappa shape index (κ2) is 8.01. The van der Waals surface area contributed by atoms with Crippen LogP contribution in [-0.4, -0.2) is 35.5 Å². The van der Waals surface area contributed by atoms with Crippen molar-refractivity contribution in [3.05, 3.63) is 11.6 Å². The number of hydrogen-bond donors (Lipinski definition) is 1. The minimum Gasteiger partial charge on any atom is -0.479 e. The quantitative estimate of drug-likeness (QED) is 0.516. The number of nitrogens with zero attached hydrogens (tertiary/aromatic N) is 1. The van der Waals surface area contributed by atoms with E-state index in [0.717, 1.165) is 37.8 Å². The van der Waals surface area contributed by atoms with Gasteiger partial charge in [0.25, 0.3) is 0 Å². The van der Waals surface area contributed by atoms with Crippen LogP contribution in [0.1, 0.15) is 78.6 Å². The molecule has 30 heavy (non-hydrogen) atoms. The SMILES string of the molecule is CCC(=O)O[C@H]1CC[C@H]2[C@H]3CCC4=CC(=NOCC(=O)O)CC[C@]4(C)[C@@H]3CC[C@]12C. The molecule has 4 aliphatic rings. The zero-order valence-electron chi connectivity index (χ0n) is 18.5. The number of aliphatic carboxylic acids is 1. The fraction of sp³-hybridized carbons (Fsp3) is 0.792. The number of carbonyl (C=O) groups is 2. The number of hydrogen-bond acceptors (Lipinski definition) is 5. The highest BCUT2D eigenvalue weighted by Crippen LogP contribution is 2.65. The van der Waals surface area contributed by atoms with Gasteiger partial charge in [-0.05, 0) is 80.6 Å². The van der Waals surface area contributed by atoms with Crippen molar-refractivity contribution in [3.8, 4) is 0 Å². The highest BCUT2D eigenvalue weighted by molar-refractivity contribution is 5.96. The average molecular weight is 418 g/mol. The first-order chi connectivity index (χ1) is 14.3. The van der Waals surface area contributed by atoms with Crippen molar-refractivity contribution in [2.24, 2.45) is 33.7 Å². The summed E-state index contributed by atoms with van der Waals surface area (Å²) in [6.07, 6.45) is 11.3. The van der Waals surface area contributed by atoms with E-state index in [2.05, 4.69) is 25.1 Å². The molecule has 0 bridgehead atoms. The van der Waals surface area contributed by atoms with Crippen LogP contribution in [0.2, 0.25) is 0 Å². The maximum Gasteiger partial charge on any atom is 0.344 e. The van der Waals surface area contributed by atoms with Crippen molar-refractivity contribution in [2.45, 2.75) is 84.7 Å². The Morgan fingerprint density at radius 3 is 2.67 bits per heavy atom. The van der Waals surface area contributed by atoms with E-state index in [9.17, 15) is 9.59 Å². The van der Waals surface area contributed by atoms with E-state index in [4.69, 9.17) is 14.7 Å². The number of allylic oxidation sites excluding steroid dienone is 2. The van der Waals surface area contributed by atoms with Crippen LogP contribution in [0, 0.1) is 28.6 Å². The summed E-state index contributed by atoms with van der Waals surface area (Å²) >= 11 is 0. The predicted octanol–water partition coefficient (Wildman–Crippen LogP) is 4.73. The van der Waals surface area contributed by atoms with Crippen LogP contribution in [0.3, 0.4) is 0 Å². The van der Waals surface area contributed by atoms with Crippen molar-refractivity contribution >= 4 is 17.7 Å². The Morgan fingerprint density at radius 2 is 1.93 bits per heavy atom. The number of esters is 1. The van der Waals surface area contributed by atoms with Gasteiger partial charge in [-0.2, -0.15) is 0 Å². The van der Waals surface area contributed by atoms with E-state index in [1.807, 2.05) is 6.92 Å². The minimum atomic E-state index is -1.00. The van der Waals surface area contributed by atoms with Crippen LogP contribution in [0.5, 0.6) is 0 Å². The summed E-state index contributed by atoms with van der Waals surface area (Å²) in [5.41, 5.74) is 2.64. The largest absolute Gasteiger partial charge is 0.479 e. The third-order valence-electron chi connectivity index (χ3n) is 8.82. The van der Waals surface area contributed by atoms with E-state index in [-0.39, 0.29) is 22.9 Å². The predicted molar refractivity (Wildman–Crippen MR) is 113 cm³/mol. The molecular weight excluding hydrogens is 382 g/mol. The van der Waals surface area contributed by atoms with E-state index in [1.54, 1.807) is 0 Å². The van der Waals surface area contributed by atoms with Crippen LogP contribution < -0.4 is 0 Å². The Balaban J connectivity index is 1.51. The first-order valence-corrected chi connectivity index (χ1v) is 11.6. The molecule has 4 aliphatic carbocycles. The lowest BCUT2D eigenvalue weighted by Crippen LogP contribution is -2.51. The summed E-state index contributed by atoms with van der Waals surface area (Å²) < 4.78 is 5.89. The van der Waals surface area contributed by atoms with Crippen molar-refractivity contribution in [2.75, 3.05) is 6.61 Å². The molecule has 0 spiro atoms. The van der Waals surface area contributed by atoms with Gasteiger partial charge >= 0.3 is 11.9 Å². The molecule has 3 fully saturated rings. The van der Waals surface area contributed by atoms with Crippen molar-refractivity contribution < 1.29 is 24.3 Å². The van der Waals surface area contributed by atoms with Crippen molar-refractivity contribution in [1.82, 2.24) is 0 Å². The van der Waals surface area contributed by atoms with Gasteiger partial charge in [-0.25, -0.2) is 4.79 Å². The fourth-order valence-corrected chi connectivity index (χ4v) is 7.20. The van der Waals surface area contributed by atoms with Gasteiger partial charge in [-0.15, -0.1) is 0 Å². The van der Waals surface area contributed by atoms with E-state index in [0.29, 0.717) is 24.2 Å². The van der Waals surface area contributed by atoms with Gasteiger partial charge in [-0.3, -0.25) is 4.79 Å². The smallest absolute Gasteiger partial charge is 0.344 e. The highest BCUT2D eigenvalue weighted by atomic mass is 16.6. The average Bonchev–Trinajstić information content (AvgIpc) is 3.04. The lowest BCUT2D eigenvalue weighted by atomic mass is 9.47. The Kier molecular flexibility index (Phi) is 5.71. The molecule has 6 heteroatoms. The van der Waals surface area contributed by atoms with Gasteiger partial charge in [0, 0.05) is 11.8 Å². The number of oxime groups is 1. The van der Waals surface area contributed by atoms with Crippen LogP contribution in [-0.2, 0) is 19.2 Å². The zero-order chi connectivity index (χ0) is 21.5. The summed E-state index contributed by atoms with van der Waals surface area (Å²) in [6.45, 7) is 6.28. The van der Waals surface area contributed by atoms with Gasteiger partial charge in [0.15, 0.2) is 0 Å². The summed E-state index contributed by atoms with van der Waals surface area (Å²) in [5.74, 6) is 0.931. The lowest BCUT2D eigenvalue weighted by Gasteiger charge is -2.58. The fourth-order valence-electron chi connectivity index (χ4n) is 7.20. The maximum atomic E-state index is 12.0. The maximum absolute atomic E-state index is 12.0. The van der Waals surface area contributed by atoms with Crippen LogP contribution in [0.4, 0.5) is 0 Å². The monoisotopic (exact) mass is 417 g/mol. The molecule has 0 unspecified atom stereocenters. The van der Waals surface area contributed by atoms with Gasteiger partial charge in [-0.1, -0.05) is 31.5 Å². The molecule has 6 atom stereocenters. The molecule has 166 valence electrons. The van der Waals surface area contributed by atoms with Crippen molar-refractivity contribution in [3.63, 3.8) is 0 Å². The minimum absolute atomic E-state index is 0.0611. The Hall–Kier alpha value is -1.85. The second-order valence-electron chi connectivity index (χ2n) is 10.2. The number of carboxylic acids is 1. The van der Waals surface area contributed by atoms with E-state index in [1.165, 1.54) is 24.8 Å². The standard InChI is InChI=1S/C24H35NO5/c1-4-22(28)30-20-8-7-18-17-6-5-15-13-16(25-29-14-21(26)27)9-11-23(15,2)19(17)10-12-24(18,20)3/h13,17-20H,4-12,14H2,1-3H3,(H,26,27)/t17-,18+,19-,20+,23+,24+/m1/s1. The molecule has 6 nitrogen and oxygen atoms in total. The molecule has 0 aromatic carbocycles. The van der Waals surface area contributed by atoms with Crippen LogP contribution >= 0.6 is 0 Å². The van der Waals surface area contributed by atoms with Crippen LogP contribution in [0.25, 0.3) is 0 Å².